The van der Waals surface area contributed by atoms with Gasteiger partial charge in [-0.3, -0.25) is 0 Å². The van der Waals surface area contributed by atoms with Crippen LogP contribution in [0.25, 0.3) is 0 Å². The predicted octanol–water partition coefficient (Wildman–Crippen LogP) is 1.81. The largest absolute Gasteiger partial charge is 0.313 e. The summed E-state index contributed by atoms with van der Waals surface area (Å²) in [5, 5.41) is 3.40. The molecule has 0 bridgehead atoms. The van der Waals surface area contributed by atoms with Crippen molar-refractivity contribution in [3.05, 3.63) is 0 Å². The fraction of sp³-hybridized carbons (Fsp3) is 1.00. The van der Waals surface area contributed by atoms with Gasteiger partial charge in [0.05, 0.1) is 0 Å². The summed E-state index contributed by atoms with van der Waals surface area (Å²) in [5.41, 5.74) is 0. The molecule has 2 aliphatic heterocycles. The van der Waals surface area contributed by atoms with Gasteiger partial charge in [0, 0.05) is 37.8 Å². The molecule has 124 valence electrons. The fourth-order valence-electron chi connectivity index (χ4n) is 3.57. The molecule has 0 saturated carbocycles. The van der Waals surface area contributed by atoms with Crippen LogP contribution < -0.4 is 5.32 Å². The summed E-state index contributed by atoms with van der Waals surface area (Å²) < 4.78 is 29.5. The molecule has 3 atom stereocenters. The summed E-state index contributed by atoms with van der Waals surface area (Å²) in [4.78, 5) is 0. The quantitative estimate of drug-likeness (QED) is 0.841. The summed E-state index contributed by atoms with van der Waals surface area (Å²) in [7, 11) is -3.31. The monoisotopic (exact) mass is 317 g/mol. The van der Waals surface area contributed by atoms with Crippen LogP contribution in [0.5, 0.6) is 0 Å². The van der Waals surface area contributed by atoms with E-state index in [0.29, 0.717) is 25.0 Å². The van der Waals surface area contributed by atoms with Crippen LogP contribution in [0.15, 0.2) is 0 Å². The third-order valence-corrected chi connectivity index (χ3v) is 6.83. The SMILES string of the molecule is CC1CC(C)N(S(=O)(=O)N2CCCCC2CNC(C)C)C1. The first-order chi connectivity index (χ1) is 9.82. The van der Waals surface area contributed by atoms with Crippen LogP contribution in [0.3, 0.4) is 0 Å². The lowest BCUT2D eigenvalue weighted by atomic mass is 10.0. The molecule has 0 radical (unpaired) electrons. The Balaban J connectivity index is 2.12. The van der Waals surface area contributed by atoms with E-state index in [2.05, 4.69) is 26.1 Å². The van der Waals surface area contributed by atoms with Crippen molar-refractivity contribution in [2.45, 2.75) is 71.5 Å². The highest BCUT2D eigenvalue weighted by molar-refractivity contribution is 7.86. The molecular weight excluding hydrogens is 286 g/mol. The Morgan fingerprint density at radius 1 is 1.19 bits per heavy atom. The number of nitrogens with one attached hydrogen (secondary N) is 1. The molecule has 0 amide bonds. The maximum absolute atomic E-state index is 13.0. The number of piperidine rings is 1. The minimum absolute atomic E-state index is 0.106. The Kier molecular flexibility index (Phi) is 5.68. The zero-order valence-corrected chi connectivity index (χ0v) is 14.7. The Labute approximate surface area is 130 Å². The summed E-state index contributed by atoms with van der Waals surface area (Å²) >= 11 is 0. The summed E-state index contributed by atoms with van der Waals surface area (Å²) in [5.74, 6) is 0.465. The van der Waals surface area contributed by atoms with Crippen molar-refractivity contribution in [3.8, 4) is 0 Å². The van der Waals surface area contributed by atoms with Gasteiger partial charge in [-0.25, -0.2) is 0 Å². The first-order valence-electron chi connectivity index (χ1n) is 8.34. The van der Waals surface area contributed by atoms with Gasteiger partial charge in [0.2, 0.25) is 0 Å². The van der Waals surface area contributed by atoms with Crippen molar-refractivity contribution < 1.29 is 8.42 Å². The van der Waals surface area contributed by atoms with E-state index in [1.54, 1.807) is 8.61 Å². The number of nitrogens with zero attached hydrogens (tertiary/aromatic N) is 2. The van der Waals surface area contributed by atoms with E-state index in [1.165, 1.54) is 0 Å². The third kappa shape index (κ3) is 3.97. The molecule has 0 aromatic carbocycles. The molecule has 2 fully saturated rings. The van der Waals surface area contributed by atoms with Crippen molar-refractivity contribution >= 4 is 10.2 Å². The van der Waals surface area contributed by atoms with E-state index in [9.17, 15) is 8.42 Å². The van der Waals surface area contributed by atoms with Gasteiger partial charge in [0.1, 0.15) is 0 Å². The van der Waals surface area contributed by atoms with E-state index < -0.39 is 10.2 Å². The first kappa shape index (κ1) is 17.2. The van der Waals surface area contributed by atoms with Gasteiger partial charge >= 0.3 is 0 Å². The molecule has 5 nitrogen and oxygen atoms in total. The lowest BCUT2D eigenvalue weighted by molar-refractivity contribution is 0.221. The van der Waals surface area contributed by atoms with Crippen LogP contribution in [-0.2, 0) is 10.2 Å². The van der Waals surface area contributed by atoms with Crippen LogP contribution in [0.2, 0.25) is 0 Å². The van der Waals surface area contributed by atoms with Gasteiger partial charge in [-0.05, 0) is 32.1 Å². The van der Waals surface area contributed by atoms with E-state index in [0.717, 1.165) is 32.2 Å². The molecule has 2 rings (SSSR count). The molecule has 2 saturated heterocycles. The van der Waals surface area contributed by atoms with Crippen LogP contribution >= 0.6 is 0 Å². The average molecular weight is 317 g/mol. The maximum Gasteiger partial charge on any atom is 0.282 e. The standard InChI is InChI=1S/C15H31N3O2S/c1-12(2)16-10-15-7-5-6-8-17(15)21(19,20)18-11-13(3)9-14(18)4/h12-16H,5-11H2,1-4H3. The summed E-state index contributed by atoms with van der Waals surface area (Å²) in [6, 6.07) is 0.627. The second-order valence-electron chi connectivity index (χ2n) is 7.09. The minimum Gasteiger partial charge on any atom is -0.313 e. The second-order valence-corrected chi connectivity index (χ2v) is 8.92. The molecule has 2 heterocycles. The van der Waals surface area contributed by atoms with Crippen LogP contribution in [0.1, 0.15) is 53.4 Å². The lowest BCUT2D eigenvalue weighted by Crippen LogP contribution is -2.54. The van der Waals surface area contributed by atoms with Crippen molar-refractivity contribution in [3.63, 3.8) is 0 Å². The normalized spacial score (nSPS) is 32.9. The van der Waals surface area contributed by atoms with E-state index in [4.69, 9.17) is 0 Å². The van der Waals surface area contributed by atoms with Crippen LogP contribution in [0, 0.1) is 5.92 Å². The molecule has 3 unspecified atom stereocenters. The zero-order valence-electron chi connectivity index (χ0n) is 13.9. The highest BCUT2D eigenvalue weighted by Crippen LogP contribution is 2.30. The smallest absolute Gasteiger partial charge is 0.282 e. The number of rotatable bonds is 5. The predicted molar refractivity (Wildman–Crippen MR) is 86.4 cm³/mol. The van der Waals surface area contributed by atoms with Gasteiger partial charge in [-0.15, -0.1) is 0 Å². The van der Waals surface area contributed by atoms with E-state index >= 15 is 0 Å². The molecule has 21 heavy (non-hydrogen) atoms. The van der Waals surface area contributed by atoms with Crippen LogP contribution in [0.4, 0.5) is 0 Å². The number of hydrogen-bond donors (Lipinski definition) is 1. The molecule has 0 aromatic heterocycles. The Hall–Kier alpha value is -0.170. The Morgan fingerprint density at radius 3 is 2.48 bits per heavy atom. The maximum atomic E-state index is 13.0. The average Bonchev–Trinajstić information content (AvgIpc) is 2.76. The highest BCUT2D eigenvalue weighted by atomic mass is 32.2. The Bertz CT molecular complexity index is 438. The van der Waals surface area contributed by atoms with Gasteiger partial charge in [-0.2, -0.15) is 17.0 Å². The molecule has 6 heteroatoms. The Morgan fingerprint density at radius 2 is 1.90 bits per heavy atom. The molecule has 1 N–H and O–H groups in total. The summed E-state index contributed by atoms with van der Waals surface area (Å²) in [6.07, 6.45) is 4.05. The lowest BCUT2D eigenvalue weighted by Gasteiger charge is -2.38. The topological polar surface area (TPSA) is 52.7 Å². The minimum atomic E-state index is -3.31. The van der Waals surface area contributed by atoms with E-state index in [-0.39, 0.29) is 12.1 Å². The molecule has 0 aromatic rings. The third-order valence-electron chi connectivity index (χ3n) is 4.65. The van der Waals surface area contributed by atoms with Gasteiger partial charge in [0.15, 0.2) is 0 Å². The molecule has 0 spiro atoms. The van der Waals surface area contributed by atoms with Gasteiger partial charge < -0.3 is 5.32 Å². The first-order valence-corrected chi connectivity index (χ1v) is 9.74. The van der Waals surface area contributed by atoms with Crippen molar-refractivity contribution in [1.82, 2.24) is 13.9 Å². The van der Waals surface area contributed by atoms with Gasteiger partial charge in [0.25, 0.3) is 10.2 Å². The van der Waals surface area contributed by atoms with Crippen LogP contribution in [-0.4, -0.2) is 54.8 Å². The second kappa shape index (κ2) is 6.94. The fourth-order valence-corrected chi connectivity index (χ4v) is 5.74. The van der Waals surface area contributed by atoms with Crippen molar-refractivity contribution in [2.24, 2.45) is 5.92 Å². The molecular formula is C15H31N3O2S. The van der Waals surface area contributed by atoms with Crippen molar-refractivity contribution in [1.29, 1.82) is 0 Å². The van der Waals surface area contributed by atoms with Crippen molar-refractivity contribution in [2.75, 3.05) is 19.6 Å². The molecule has 0 aliphatic carbocycles. The molecule has 2 aliphatic rings. The van der Waals surface area contributed by atoms with E-state index in [1.807, 2.05) is 6.92 Å². The number of hydrogen-bond acceptors (Lipinski definition) is 3. The summed E-state index contributed by atoms with van der Waals surface area (Å²) in [6.45, 7) is 10.5. The highest BCUT2D eigenvalue weighted by Gasteiger charge is 2.41. The van der Waals surface area contributed by atoms with Gasteiger partial charge in [-0.1, -0.05) is 27.2 Å². The zero-order chi connectivity index (χ0) is 15.6.